The van der Waals surface area contributed by atoms with E-state index in [0.717, 1.165) is 36.3 Å². The predicted octanol–water partition coefficient (Wildman–Crippen LogP) is 0.906. The Labute approximate surface area is 242 Å². The number of hydrogen-bond acceptors (Lipinski definition) is 5. The smallest absolute Gasteiger partial charge is 1.00 e. The molecule has 2 N–H and O–H groups in total. The van der Waals surface area contributed by atoms with Gasteiger partial charge in [-0.2, -0.15) is 26.3 Å². The number of hydroxylamine groups is 2. The fourth-order valence-corrected chi connectivity index (χ4v) is 2.01. The molecule has 6 nitrogen and oxygen atoms in total. The number of carbonyl (C=O) groups is 2. The molecular weight excluding hydrogens is 587 g/mol. The summed E-state index contributed by atoms with van der Waals surface area (Å²) in [6.07, 6.45) is -9.49. The number of rotatable bonds is 11. The van der Waals surface area contributed by atoms with Crippen molar-refractivity contribution in [3.05, 3.63) is 56.0 Å². The molecule has 0 saturated heterocycles. The monoisotopic (exact) mass is 618 g/mol. The van der Waals surface area contributed by atoms with Crippen molar-refractivity contribution in [3.63, 3.8) is 0 Å². The van der Waals surface area contributed by atoms with Crippen molar-refractivity contribution >= 4 is 43.2 Å². The van der Waals surface area contributed by atoms with Crippen LogP contribution >= 0.6 is 0 Å². The van der Waals surface area contributed by atoms with Gasteiger partial charge >= 0.3 is 35.4 Å². The van der Waals surface area contributed by atoms with Crippen molar-refractivity contribution < 1.29 is 68.0 Å². The van der Waals surface area contributed by atoms with Crippen LogP contribution in [0.25, 0.3) is 0 Å². The topological polar surface area (TPSA) is 87.1 Å². The Balaban J connectivity index is -0.000000119. The minimum atomic E-state index is -4.50. The molecule has 15 heteroatoms. The summed E-state index contributed by atoms with van der Waals surface area (Å²) in [5.74, 6) is -1.36. The van der Waals surface area contributed by atoms with Gasteiger partial charge in [0.15, 0.2) is 5.78 Å². The van der Waals surface area contributed by atoms with E-state index in [1.165, 1.54) is 14.2 Å². The van der Waals surface area contributed by atoms with Crippen LogP contribution in [-0.4, -0.2) is 97.2 Å². The van der Waals surface area contributed by atoms with Crippen LogP contribution in [0.2, 0.25) is 0 Å². The van der Waals surface area contributed by atoms with Gasteiger partial charge in [-0.05, 0) is 26.2 Å². The van der Waals surface area contributed by atoms with Gasteiger partial charge in [0.25, 0.3) is 5.91 Å². The van der Waals surface area contributed by atoms with Gasteiger partial charge in [-0.1, -0.05) is 24.3 Å². The third-order valence-corrected chi connectivity index (χ3v) is 3.97. The second-order valence-electron chi connectivity index (χ2n) is 6.57. The number of allylic oxidation sites excluding steroid dienone is 4. The molecule has 1 amide bonds. The Kier molecular flexibility index (Phi) is 31.6. The average Bonchev–Trinajstić information content (AvgIpc) is 2.70. The van der Waals surface area contributed by atoms with E-state index in [9.17, 15) is 41.0 Å². The number of amides is 1. The van der Waals surface area contributed by atoms with E-state index in [0.29, 0.717) is 0 Å². The fraction of sp³-hybridized carbons (Fsp3) is 0.500. The number of Topliss-reactive ketones (excluding diaryl/α,β-unsaturated/α-hetero) is 1. The van der Waals surface area contributed by atoms with E-state index in [2.05, 4.69) is 18.0 Å². The van der Waals surface area contributed by atoms with Gasteiger partial charge in [0.05, 0.1) is 7.11 Å². The molecule has 0 aromatic carbocycles. The number of aliphatic hydroxyl groups excluding tert-OH is 2. The maximum atomic E-state index is 12.5. The van der Waals surface area contributed by atoms with E-state index < -0.39 is 53.8 Å². The van der Waals surface area contributed by atoms with Crippen molar-refractivity contribution in [2.24, 2.45) is 0 Å². The maximum absolute atomic E-state index is 12.5. The molecule has 0 fully saturated rings. The number of ketones is 1. The molecule has 0 saturated carbocycles. The van der Waals surface area contributed by atoms with Crippen LogP contribution in [0.4, 0.5) is 26.3 Å². The Morgan fingerprint density at radius 3 is 1.49 bits per heavy atom. The number of aliphatic hydroxyl groups is 2. The maximum Gasteiger partial charge on any atom is 2.00 e. The van der Waals surface area contributed by atoms with Crippen LogP contribution in [0, 0.1) is 7.43 Å². The second-order valence-corrected chi connectivity index (χ2v) is 6.57. The summed E-state index contributed by atoms with van der Waals surface area (Å²) in [6.45, 7) is 7.55. The number of carbonyl (C=O) groups excluding carboxylic acids is 2. The second kappa shape index (κ2) is 23.9. The Morgan fingerprint density at radius 1 is 0.919 bits per heavy atom. The standard InChI is InChI=1S/C11H16F3NO3.C10H13F3O2.CH3.B.BrH.Mg/c1-4-5-8(11(12,13)14)6-7-9(16)10(17)15(2)18-3;1-3-4-8(10(11,12)13)5-6-9(15)7(2)14;;;;/h4,6,9,16H,1,5,7H2,2-3H3;3,5,9,15H,1,4,6H2,2H3;1H3;;1H;/q;;-1;;;+2/p-1/b8-6+;8-5+;;;;/t2*9-;;;;/m00..../s1. The third-order valence-electron chi connectivity index (χ3n) is 3.97. The Bertz CT molecular complexity index is 733. The summed E-state index contributed by atoms with van der Waals surface area (Å²) in [6, 6.07) is 0. The summed E-state index contributed by atoms with van der Waals surface area (Å²) in [5, 5.41) is 19.2. The van der Waals surface area contributed by atoms with Crippen LogP contribution in [0.15, 0.2) is 48.6 Å². The summed E-state index contributed by atoms with van der Waals surface area (Å²) in [4.78, 5) is 26.4. The van der Waals surface area contributed by atoms with E-state index in [1.807, 2.05) is 0 Å². The molecule has 0 aliphatic heterocycles. The number of alkyl halides is 6. The Hall–Kier alpha value is -1.13. The van der Waals surface area contributed by atoms with Gasteiger partial charge < -0.3 is 34.6 Å². The molecule has 0 aliphatic carbocycles. The van der Waals surface area contributed by atoms with E-state index in [1.54, 1.807) is 0 Å². The van der Waals surface area contributed by atoms with E-state index >= 15 is 0 Å². The molecule has 0 spiro atoms. The summed E-state index contributed by atoms with van der Waals surface area (Å²) in [7, 11) is 2.46. The average molecular weight is 620 g/mol. The van der Waals surface area contributed by atoms with Crippen molar-refractivity contribution in [2.75, 3.05) is 14.2 Å². The van der Waals surface area contributed by atoms with Crippen LogP contribution in [-0.2, 0) is 14.4 Å². The van der Waals surface area contributed by atoms with Crippen LogP contribution in [0.3, 0.4) is 0 Å². The Morgan fingerprint density at radius 2 is 1.24 bits per heavy atom. The summed E-state index contributed by atoms with van der Waals surface area (Å²) < 4.78 is 74.2. The molecule has 0 unspecified atom stereocenters. The zero-order valence-corrected chi connectivity index (χ0v) is 24.2. The van der Waals surface area contributed by atoms with Crippen molar-refractivity contribution in [1.82, 2.24) is 5.06 Å². The minimum Gasteiger partial charge on any atom is -1.00 e. The van der Waals surface area contributed by atoms with Gasteiger partial charge in [-0.3, -0.25) is 14.4 Å². The van der Waals surface area contributed by atoms with Crippen LogP contribution in [0.1, 0.15) is 32.6 Å². The first kappa shape index (κ1) is 48.9. The summed E-state index contributed by atoms with van der Waals surface area (Å²) >= 11 is 0. The van der Waals surface area contributed by atoms with Gasteiger partial charge in [-0.15, -0.1) is 13.2 Å². The quantitative estimate of drug-likeness (QED) is 0.118. The molecule has 0 aromatic heterocycles. The molecule has 0 heterocycles. The molecule has 0 aliphatic rings. The molecule has 0 rings (SSSR count). The molecule has 37 heavy (non-hydrogen) atoms. The van der Waals surface area contributed by atoms with Crippen LogP contribution < -0.4 is 17.0 Å². The third kappa shape index (κ3) is 22.6. The zero-order valence-electron chi connectivity index (χ0n) is 21.2. The molecule has 209 valence electrons. The van der Waals surface area contributed by atoms with Crippen molar-refractivity contribution in [1.29, 1.82) is 0 Å². The number of nitrogens with zero attached hydrogens (tertiary/aromatic N) is 1. The molecular formula is C22H32BBrF6MgNO5. The van der Waals surface area contributed by atoms with Gasteiger partial charge in [-0.25, -0.2) is 5.06 Å². The first-order valence-corrected chi connectivity index (χ1v) is 9.45. The molecule has 0 bridgehead atoms. The van der Waals surface area contributed by atoms with E-state index in [-0.39, 0.29) is 75.1 Å². The van der Waals surface area contributed by atoms with Gasteiger partial charge in [0.1, 0.15) is 12.2 Å². The SMILES string of the molecule is C=CC/C(=C\C[C@H](O)C(=O)N(C)OC)C(F)(F)F.C=CC/C(=C\C[C@H](O)C(C)=O)C(F)(F)F.[B].[Br-].[CH3-].[Mg+2]. The van der Waals surface area contributed by atoms with Gasteiger partial charge in [0, 0.05) is 33.0 Å². The largest absolute Gasteiger partial charge is 2.00 e. The predicted molar refractivity (Wildman–Crippen MR) is 128 cm³/mol. The molecule has 0 aromatic rings. The fourth-order valence-electron chi connectivity index (χ4n) is 2.01. The number of hydrogen-bond donors (Lipinski definition) is 2. The normalized spacial score (nSPS) is 12.9. The summed E-state index contributed by atoms with van der Waals surface area (Å²) in [5.41, 5.74) is -1.64. The first-order chi connectivity index (χ1) is 15.0. The molecule has 3 radical (unpaired) electrons. The number of halogens is 7. The molecule has 2 atom stereocenters. The van der Waals surface area contributed by atoms with Crippen molar-refractivity contribution in [3.8, 4) is 0 Å². The minimum absolute atomic E-state index is 0. The van der Waals surface area contributed by atoms with Crippen LogP contribution in [0.5, 0.6) is 0 Å². The van der Waals surface area contributed by atoms with Crippen molar-refractivity contribution in [2.45, 2.75) is 57.2 Å². The zero-order chi connectivity index (χ0) is 26.4. The number of likely N-dealkylation sites (N-methyl/N-ethyl adjacent to an activating group) is 1. The first-order valence-electron chi connectivity index (χ1n) is 9.45. The van der Waals surface area contributed by atoms with E-state index in [4.69, 9.17) is 5.11 Å². The van der Waals surface area contributed by atoms with Gasteiger partial charge in [0.2, 0.25) is 0 Å².